The van der Waals surface area contributed by atoms with Gasteiger partial charge in [-0.2, -0.15) is 0 Å². The minimum absolute atomic E-state index is 0.110. The van der Waals surface area contributed by atoms with Gasteiger partial charge in [-0.15, -0.1) is 5.10 Å². The molecule has 0 aliphatic carbocycles. The molecule has 6 nitrogen and oxygen atoms in total. The SMILES string of the molecule is Cc1cccc(C(C)C)c1NC(=O)C(C)Sc1n[nH]c(=O)n1CCc1ccccc1. The molecular formula is C23H28N4O2S. The summed E-state index contributed by atoms with van der Waals surface area (Å²) in [5.41, 5.74) is 3.90. The summed E-state index contributed by atoms with van der Waals surface area (Å²) >= 11 is 1.28. The molecule has 3 aromatic rings. The summed E-state index contributed by atoms with van der Waals surface area (Å²) < 4.78 is 1.59. The summed E-state index contributed by atoms with van der Waals surface area (Å²) in [7, 11) is 0. The van der Waals surface area contributed by atoms with E-state index in [-0.39, 0.29) is 11.6 Å². The van der Waals surface area contributed by atoms with Crippen molar-refractivity contribution in [2.24, 2.45) is 0 Å². The van der Waals surface area contributed by atoms with Crippen LogP contribution in [0.4, 0.5) is 5.69 Å². The first kappa shape index (κ1) is 21.9. The monoisotopic (exact) mass is 424 g/mol. The smallest absolute Gasteiger partial charge is 0.325 e. The number of carbonyl (C=O) groups is 1. The second-order valence-corrected chi connectivity index (χ2v) is 8.95. The van der Waals surface area contributed by atoms with Crippen LogP contribution in [0.3, 0.4) is 0 Å². The Morgan fingerprint density at radius 1 is 1.13 bits per heavy atom. The molecule has 158 valence electrons. The average molecular weight is 425 g/mol. The zero-order valence-electron chi connectivity index (χ0n) is 17.8. The third-order valence-electron chi connectivity index (χ3n) is 5.02. The van der Waals surface area contributed by atoms with Crippen LogP contribution >= 0.6 is 11.8 Å². The van der Waals surface area contributed by atoms with Crippen LogP contribution in [-0.2, 0) is 17.8 Å². The molecule has 0 spiro atoms. The maximum Gasteiger partial charge on any atom is 0.343 e. The first-order valence-corrected chi connectivity index (χ1v) is 11.0. The van der Waals surface area contributed by atoms with Gasteiger partial charge in [0.05, 0.1) is 5.25 Å². The maximum atomic E-state index is 12.9. The second-order valence-electron chi connectivity index (χ2n) is 7.64. The number of hydrogen-bond donors (Lipinski definition) is 2. The minimum Gasteiger partial charge on any atom is -0.325 e. The summed E-state index contributed by atoms with van der Waals surface area (Å²) in [4.78, 5) is 25.1. The Morgan fingerprint density at radius 2 is 1.87 bits per heavy atom. The van der Waals surface area contributed by atoms with E-state index in [4.69, 9.17) is 0 Å². The van der Waals surface area contributed by atoms with Gasteiger partial charge in [0.15, 0.2) is 5.16 Å². The molecule has 0 bridgehead atoms. The number of nitrogens with zero attached hydrogens (tertiary/aromatic N) is 2. The highest BCUT2D eigenvalue weighted by Gasteiger charge is 2.21. The van der Waals surface area contributed by atoms with Gasteiger partial charge in [0, 0.05) is 12.2 Å². The van der Waals surface area contributed by atoms with E-state index in [1.54, 1.807) is 4.57 Å². The topological polar surface area (TPSA) is 79.8 Å². The zero-order valence-corrected chi connectivity index (χ0v) is 18.6. The number of nitrogens with one attached hydrogen (secondary N) is 2. The Balaban J connectivity index is 1.70. The van der Waals surface area contributed by atoms with Crippen LogP contribution in [0, 0.1) is 6.92 Å². The fraction of sp³-hybridized carbons (Fsp3) is 0.348. The van der Waals surface area contributed by atoms with Crippen LogP contribution in [0.25, 0.3) is 0 Å². The number of aromatic nitrogens is 3. The first-order valence-electron chi connectivity index (χ1n) is 10.1. The van der Waals surface area contributed by atoms with Crippen molar-refractivity contribution in [2.75, 3.05) is 5.32 Å². The largest absolute Gasteiger partial charge is 0.343 e. The van der Waals surface area contributed by atoms with Gasteiger partial charge in [-0.05, 0) is 42.9 Å². The molecule has 0 fully saturated rings. The number of amides is 1. The predicted molar refractivity (Wildman–Crippen MR) is 122 cm³/mol. The number of carbonyl (C=O) groups excluding carboxylic acids is 1. The van der Waals surface area contributed by atoms with Crippen molar-refractivity contribution >= 4 is 23.4 Å². The summed E-state index contributed by atoms with van der Waals surface area (Å²) in [6.45, 7) is 8.54. The lowest BCUT2D eigenvalue weighted by atomic mass is 9.98. The fourth-order valence-corrected chi connectivity index (χ4v) is 4.14. The van der Waals surface area contributed by atoms with Crippen molar-refractivity contribution in [1.29, 1.82) is 0 Å². The summed E-state index contributed by atoms with van der Waals surface area (Å²) in [6, 6.07) is 16.0. The summed E-state index contributed by atoms with van der Waals surface area (Å²) in [5, 5.41) is 9.83. The van der Waals surface area contributed by atoms with Crippen LogP contribution in [0.5, 0.6) is 0 Å². The third kappa shape index (κ3) is 5.21. The van der Waals surface area contributed by atoms with E-state index in [0.717, 1.165) is 28.8 Å². The molecular weight excluding hydrogens is 396 g/mol. The van der Waals surface area contributed by atoms with E-state index < -0.39 is 5.25 Å². The average Bonchev–Trinajstić information content (AvgIpc) is 3.07. The molecule has 1 heterocycles. The van der Waals surface area contributed by atoms with Crippen molar-refractivity contribution in [3.8, 4) is 0 Å². The number of H-pyrrole nitrogens is 1. The third-order valence-corrected chi connectivity index (χ3v) is 6.11. The van der Waals surface area contributed by atoms with E-state index in [9.17, 15) is 9.59 Å². The van der Waals surface area contributed by atoms with Crippen molar-refractivity contribution < 1.29 is 4.79 Å². The van der Waals surface area contributed by atoms with Gasteiger partial charge in [-0.1, -0.05) is 74.1 Å². The molecule has 30 heavy (non-hydrogen) atoms. The number of hydrogen-bond acceptors (Lipinski definition) is 4. The number of benzene rings is 2. The number of anilines is 1. The fourth-order valence-electron chi connectivity index (χ4n) is 3.25. The number of rotatable bonds is 8. The number of aryl methyl sites for hydroxylation is 2. The van der Waals surface area contributed by atoms with Gasteiger partial charge in [0.25, 0.3) is 0 Å². The predicted octanol–water partition coefficient (Wildman–Crippen LogP) is 4.37. The molecule has 0 saturated heterocycles. The van der Waals surface area contributed by atoms with Gasteiger partial charge < -0.3 is 5.32 Å². The van der Waals surface area contributed by atoms with Gasteiger partial charge in [-0.25, -0.2) is 9.89 Å². The van der Waals surface area contributed by atoms with Crippen molar-refractivity contribution in [2.45, 2.75) is 57.0 Å². The molecule has 1 amide bonds. The standard InChI is InChI=1S/C23H28N4O2S/c1-15(2)19-12-8-9-16(3)20(19)24-21(28)17(4)30-23-26-25-22(29)27(23)14-13-18-10-6-5-7-11-18/h5-12,15,17H,13-14H2,1-4H3,(H,24,28)(H,25,29). The van der Waals surface area contributed by atoms with E-state index in [2.05, 4.69) is 29.4 Å². The molecule has 0 aliphatic rings. The lowest BCUT2D eigenvalue weighted by Crippen LogP contribution is -2.25. The minimum atomic E-state index is -0.407. The van der Waals surface area contributed by atoms with Crippen molar-refractivity contribution in [1.82, 2.24) is 14.8 Å². The lowest BCUT2D eigenvalue weighted by Gasteiger charge is -2.18. The van der Waals surface area contributed by atoms with Crippen LogP contribution < -0.4 is 11.0 Å². The maximum absolute atomic E-state index is 12.9. The number of aromatic amines is 1. The molecule has 2 aromatic carbocycles. The number of thioether (sulfide) groups is 1. The molecule has 7 heteroatoms. The Hall–Kier alpha value is -2.80. The highest BCUT2D eigenvalue weighted by Crippen LogP contribution is 2.29. The Morgan fingerprint density at radius 3 is 2.57 bits per heavy atom. The van der Waals surface area contributed by atoms with Crippen molar-refractivity contribution in [3.63, 3.8) is 0 Å². The Kier molecular flexibility index (Phi) is 7.15. The van der Waals surface area contributed by atoms with Crippen LogP contribution in [0.1, 0.15) is 43.4 Å². The highest BCUT2D eigenvalue weighted by molar-refractivity contribution is 8.00. The van der Waals surface area contributed by atoms with Crippen LogP contribution in [0.15, 0.2) is 58.5 Å². The van der Waals surface area contributed by atoms with E-state index in [0.29, 0.717) is 17.6 Å². The summed E-state index contributed by atoms with van der Waals surface area (Å²) in [5.74, 6) is 0.193. The molecule has 1 atom stereocenters. The second kappa shape index (κ2) is 9.80. The van der Waals surface area contributed by atoms with Gasteiger partial charge in [-0.3, -0.25) is 9.36 Å². The Labute approximate surface area is 181 Å². The zero-order chi connectivity index (χ0) is 21.7. The Bertz CT molecular complexity index is 1060. The normalized spacial score (nSPS) is 12.2. The number of para-hydroxylation sites is 1. The van der Waals surface area contributed by atoms with E-state index in [1.807, 2.05) is 62.4 Å². The molecule has 0 radical (unpaired) electrons. The molecule has 3 rings (SSSR count). The molecule has 1 unspecified atom stereocenters. The van der Waals surface area contributed by atoms with Crippen molar-refractivity contribution in [3.05, 3.63) is 75.7 Å². The van der Waals surface area contributed by atoms with Crippen LogP contribution in [-0.4, -0.2) is 25.9 Å². The van der Waals surface area contributed by atoms with E-state index >= 15 is 0 Å². The van der Waals surface area contributed by atoms with Crippen LogP contribution in [0.2, 0.25) is 0 Å². The molecule has 1 aromatic heterocycles. The quantitative estimate of drug-likeness (QED) is 0.527. The van der Waals surface area contributed by atoms with Gasteiger partial charge in [0.1, 0.15) is 0 Å². The highest BCUT2D eigenvalue weighted by atomic mass is 32.2. The van der Waals surface area contributed by atoms with E-state index in [1.165, 1.54) is 11.8 Å². The first-order chi connectivity index (χ1) is 14.4. The van der Waals surface area contributed by atoms with Gasteiger partial charge >= 0.3 is 5.69 Å². The molecule has 2 N–H and O–H groups in total. The lowest BCUT2D eigenvalue weighted by molar-refractivity contribution is -0.115. The summed E-state index contributed by atoms with van der Waals surface area (Å²) in [6.07, 6.45) is 0.718. The molecule has 0 saturated carbocycles. The molecule has 0 aliphatic heterocycles. The van der Waals surface area contributed by atoms with Gasteiger partial charge in [0.2, 0.25) is 5.91 Å².